The second-order valence-electron chi connectivity index (χ2n) is 7.81. The van der Waals surface area contributed by atoms with Gasteiger partial charge in [0.15, 0.2) is 0 Å². The number of rotatable bonds is 5. The van der Waals surface area contributed by atoms with Crippen LogP contribution in [0.1, 0.15) is 56.9 Å². The fourth-order valence-electron chi connectivity index (χ4n) is 4.10. The van der Waals surface area contributed by atoms with Crippen LogP contribution in [0.4, 0.5) is 0 Å². The number of ether oxygens (including phenoxy) is 1. The van der Waals surface area contributed by atoms with Gasteiger partial charge in [-0.2, -0.15) is 0 Å². The summed E-state index contributed by atoms with van der Waals surface area (Å²) in [7, 11) is 0. The van der Waals surface area contributed by atoms with Crippen LogP contribution in [0.15, 0.2) is 30.3 Å². The van der Waals surface area contributed by atoms with Crippen molar-refractivity contribution in [1.82, 2.24) is 10.2 Å². The molecule has 1 aliphatic heterocycles. The number of nitrogens with one attached hydrogen (secondary N) is 1. The quantitative estimate of drug-likeness (QED) is 0.822. The summed E-state index contributed by atoms with van der Waals surface area (Å²) in [5, 5.41) is 3.16. The van der Waals surface area contributed by atoms with E-state index in [1.54, 1.807) is 11.3 Å². The van der Waals surface area contributed by atoms with E-state index in [9.17, 15) is 4.79 Å². The first kappa shape index (κ1) is 19.6. The van der Waals surface area contributed by atoms with Gasteiger partial charge in [-0.15, -0.1) is 11.3 Å². The van der Waals surface area contributed by atoms with Crippen molar-refractivity contribution >= 4 is 17.2 Å². The van der Waals surface area contributed by atoms with Crippen molar-refractivity contribution in [3.63, 3.8) is 0 Å². The number of hydrogen-bond donors (Lipinski definition) is 1. The molecule has 4 rings (SSSR count). The molecule has 5 heteroatoms. The molecule has 1 fully saturated rings. The summed E-state index contributed by atoms with van der Waals surface area (Å²) in [6.45, 7) is 5.07. The monoisotopic (exact) mass is 398 g/mol. The number of carbonyl (C=O) groups is 1. The highest BCUT2D eigenvalue weighted by Crippen LogP contribution is 2.28. The Morgan fingerprint density at radius 2 is 1.79 bits per heavy atom. The van der Waals surface area contributed by atoms with Crippen LogP contribution in [0.25, 0.3) is 0 Å². The van der Waals surface area contributed by atoms with E-state index in [4.69, 9.17) is 4.74 Å². The Morgan fingerprint density at radius 1 is 1.04 bits per heavy atom. The molecule has 0 atom stereocenters. The van der Waals surface area contributed by atoms with E-state index >= 15 is 0 Å². The van der Waals surface area contributed by atoms with E-state index in [0.717, 1.165) is 50.6 Å². The number of fused-ring (bicyclic) bond motifs is 1. The average molecular weight is 399 g/mol. The van der Waals surface area contributed by atoms with Gasteiger partial charge >= 0.3 is 0 Å². The van der Waals surface area contributed by atoms with Crippen LogP contribution in [0.5, 0.6) is 0 Å². The Labute approximate surface area is 171 Å². The summed E-state index contributed by atoms with van der Waals surface area (Å²) >= 11 is 1.70. The minimum Gasteiger partial charge on any atom is -0.379 e. The molecule has 2 heterocycles. The topological polar surface area (TPSA) is 41.6 Å². The molecule has 0 bridgehead atoms. The lowest BCUT2D eigenvalue weighted by molar-refractivity contribution is 0.0340. The highest BCUT2D eigenvalue weighted by molar-refractivity contribution is 7.14. The fraction of sp³-hybridized carbons (Fsp3) is 0.522. The second-order valence-corrected chi connectivity index (χ2v) is 8.95. The minimum atomic E-state index is 0.0675. The number of thiophene rings is 1. The first-order valence-electron chi connectivity index (χ1n) is 10.6. The first-order valence-corrected chi connectivity index (χ1v) is 11.4. The van der Waals surface area contributed by atoms with Crippen LogP contribution in [0, 0.1) is 0 Å². The predicted octanol–water partition coefficient (Wildman–Crippen LogP) is 4.17. The third kappa shape index (κ3) is 5.02. The summed E-state index contributed by atoms with van der Waals surface area (Å²) < 4.78 is 5.45. The Kier molecular flexibility index (Phi) is 6.78. The van der Waals surface area contributed by atoms with E-state index in [-0.39, 0.29) is 5.91 Å². The maximum Gasteiger partial charge on any atom is 0.261 e. The van der Waals surface area contributed by atoms with E-state index < -0.39 is 0 Å². The van der Waals surface area contributed by atoms with Crippen molar-refractivity contribution in [3.8, 4) is 0 Å². The molecule has 1 saturated heterocycles. The van der Waals surface area contributed by atoms with Gasteiger partial charge in [-0.05, 0) is 48.4 Å². The van der Waals surface area contributed by atoms with Crippen molar-refractivity contribution < 1.29 is 9.53 Å². The Morgan fingerprint density at radius 3 is 2.61 bits per heavy atom. The summed E-state index contributed by atoms with van der Waals surface area (Å²) in [6.07, 6.45) is 7.40. The Hall–Kier alpha value is -1.69. The van der Waals surface area contributed by atoms with E-state index in [1.165, 1.54) is 47.3 Å². The molecule has 0 radical (unpaired) electrons. The van der Waals surface area contributed by atoms with Crippen molar-refractivity contribution in [3.05, 3.63) is 56.8 Å². The highest BCUT2D eigenvalue weighted by Gasteiger charge is 2.17. The van der Waals surface area contributed by atoms with Crippen molar-refractivity contribution in [1.29, 1.82) is 0 Å². The number of hydrogen-bond acceptors (Lipinski definition) is 4. The molecule has 4 nitrogen and oxygen atoms in total. The lowest BCUT2D eigenvalue weighted by Gasteiger charge is -2.27. The minimum absolute atomic E-state index is 0.0675. The van der Waals surface area contributed by atoms with E-state index in [0.29, 0.717) is 6.54 Å². The standard InChI is InChI=1S/C23H30N2O2S/c26-23(22-15-18-7-3-1-2-4-10-21(18)28-22)24-16-19-8-5-6-9-20(19)17-25-11-13-27-14-12-25/h5-6,8-9,15H,1-4,7,10-14,16-17H2,(H,24,26). The normalized spacial score (nSPS) is 18.1. The van der Waals surface area contributed by atoms with Crippen molar-refractivity contribution in [2.45, 2.75) is 51.6 Å². The van der Waals surface area contributed by atoms with E-state index in [1.807, 2.05) is 0 Å². The number of aryl methyl sites for hydroxylation is 2. The number of amides is 1. The maximum absolute atomic E-state index is 12.8. The molecule has 2 aromatic rings. The largest absolute Gasteiger partial charge is 0.379 e. The molecule has 0 saturated carbocycles. The molecule has 1 aromatic heterocycles. The van der Waals surface area contributed by atoms with Crippen LogP contribution < -0.4 is 5.32 Å². The number of benzene rings is 1. The third-order valence-corrected chi connectivity index (χ3v) is 7.01. The van der Waals surface area contributed by atoms with Gasteiger partial charge in [-0.1, -0.05) is 37.1 Å². The van der Waals surface area contributed by atoms with Crippen molar-refractivity contribution in [2.24, 2.45) is 0 Å². The number of morpholine rings is 1. The molecule has 1 aromatic carbocycles. The zero-order valence-corrected chi connectivity index (χ0v) is 17.4. The maximum atomic E-state index is 12.8. The van der Waals surface area contributed by atoms with Gasteiger partial charge in [-0.3, -0.25) is 9.69 Å². The average Bonchev–Trinajstić information content (AvgIpc) is 3.10. The smallest absolute Gasteiger partial charge is 0.261 e. The highest BCUT2D eigenvalue weighted by atomic mass is 32.1. The zero-order valence-electron chi connectivity index (χ0n) is 16.5. The van der Waals surface area contributed by atoms with Crippen LogP contribution in [-0.4, -0.2) is 37.1 Å². The van der Waals surface area contributed by atoms with Gasteiger partial charge in [0.05, 0.1) is 18.1 Å². The zero-order chi connectivity index (χ0) is 19.2. The number of carbonyl (C=O) groups excluding carboxylic acids is 1. The van der Waals surface area contributed by atoms with Crippen molar-refractivity contribution in [2.75, 3.05) is 26.3 Å². The molecule has 1 aliphatic carbocycles. The van der Waals surface area contributed by atoms with Crippen LogP contribution in [0.2, 0.25) is 0 Å². The second kappa shape index (κ2) is 9.68. The molecule has 0 spiro atoms. The summed E-state index contributed by atoms with van der Waals surface area (Å²) in [5.74, 6) is 0.0675. The molecule has 0 unspecified atom stereocenters. The molecule has 2 aliphatic rings. The molecule has 28 heavy (non-hydrogen) atoms. The summed E-state index contributed by atoms with van der Waals surface area (Å²) in [4.78, 5) is 17.5. The molecular formula is C23H30N2O2S. The van der Waals surface area contributed by atoms with Gasteiger partial charge in [0.2, 0.25) is 0 Å². The van der Waals surface area contributed by atoms with E-state index in [2.05, 4.69) is 40.5 Å². The third-order valence-electron chi connectivity index (χ3n) is 5.78. The fourth-order valence-corrected chi connectivity index (χ4v) is 5.27. The Balaban J connectivity index is 1.39. The van der Waals surface area contributed by atoms with Crippen LogP contribution in [-0.2, 0) is 30.7 Å². The first-order chi connectivity index (χ1) is 13.8. The van der Waals surface area contributed by atoms with Gasteiger partial charge in [0.25, 0.3) is 5.91 Å². The van der Waals surface area contributed by atoms with Gasteiger partial charge in [0, 0.05) is 31.1 Å². The lowest BCUT2D eigenvalue weighted by Crippen LogP contribution is -2.36. The molecular weight excluding hydrogens is 368 g/mol. The van der Waals surface area contributed by atoms with Gasteiger partial charge in [-0.25, -0.2) is 0 Å². The summed E-state index contributed by atoms with van der Waals surface area (Å²) in [5.41, 5.74) is 3.91. The van der Waals surface area contributed by atoms with Gasteiger partial charge in [0.1, 0.15) is 0 Å². The molecule has 1 N–H and O–H groups in total. The van der Waals surface area contributed by atoms with Gasteiger partial charge < -0.3 is 10.1 Å². The predicted molar refractivity (Wildman–Crippen MR) is 114 cm³/mol. The number of nitrogens with zero attached hydrogens (tertiary/aromatic N) is 1. The Bertz CT molecular complexity index is 770. The van der Waals surface area contributed by atoms with Crippen LogP contribution in [0.3, 0.4) is 0 Å². The summed E-state index contributed by atoms with van der Waals surface area (Å²) in [6, 6.07) is 10.6. The molecule has 1 amide bonds. The lowest BCUT2D eigenvalue weighted by atomic mass is 10.00. The SMILES string of the molecule is O=C(NCc1ccccc1CN1CCOCC1)c1cc2c(s1)CCCCCC2. The van der Waals surface area contributed by atoms with Crippen LogP contribution >= 0.6 is 11.3 Å². The molecule has 150 valence electrons.